The number of hydrogen-bond donors (Lipinski definition) is 0. The maximum absolute atomic E-state index is 13.3. The lowest BCUT2D eigenvalue weighted by Crippen LogP contribution is -2.45. The summed E-state index contributed by atoms with van der Waals surface area (Å²) in [4.78, 5) is 29.0. The van der Waals surface area contributed by atoms with E-state index in [4.69, 9.17) is 4.74 Å². The number of carbonyl (C=O) groups is 2. The molecule has 0 aliphatic heterocycles. The predicted octanol–water partition coefficient (Wildman–Crippen LogP) is 5.94. The van der Waals surface area contributed by atoms with Gasteiger partial charge in [0.2, 0.25) is 0 Å². The van der Waals surface area contributed by atoms with Gasteiger partial charge in [-0.1, -0.05) is 66.7 Å². The first-order valence-corrected chi connectivity index (χ1v) is 17.8. The number of esters is 2. The highest BCUT2D eigenvalue weighted by atomic mass is 32.2. The fraction of sp³-hybridized carbons (Fsp3) is 0.371. The van der Waals surface area contributed by atoms with E-state index in [2.05, 4.69) is 108 Å². The molecule has 3 aromatic carbocycles. The lowest BCUT2D eigenvalue weighted by atomic mass is 9.65. The molecule has 0 spiro atoms. The molecule has 8 atom stereocenters. The normalized spacial score (nSPS) is 28.8. The summed E-state index contributed by atoms with van der Waals surface area (Å²) < 4.78 is 67.8. The van der Waals surface area contributed by atoms with Gasteiger partial charge in [0.15, 0.2) is 31.4 Å². The molecule has 7 nitrogen and oxygen atoms in total. The molecule has 3 fully saturated rings. The van der Waals surface area contributed by atoms with Gasteiger partial charge in [-0.2, -0.15) is 8.78 Å². The van der Waals surface area contributed by atoms with E-state index in [1.165, 1.54) is 21.8 Å². The molecular weight excluding hydrogens is 635 g/mol. The Hall–Kier alpha value is -3.54. The van der Waals surface area contributed by atoms with Gasteiger partial charge in [0.25, 0.3) is 0 Å². The number of benzene rings is 3. The minimum atomic E-state index is -5.95. The van der Waals surface area contributed by atoms with Crippen molar-refractivity contribution in [2.75, 3.05) is 13.7 Å². The first-order valence-electron chi connectivity index (χ1n) is 15.2. The Balaban J connectivity index is 0.000000172. The number of rotatable bonds is 8. The molecule has 0 heterocycles. The number of carbonyl (C=O) groups excluding carboxylic acids is 2. The van der Waals surface area contributed by atoms with Crippen LogP contribution in [0.25, 0.3) is 0 Å². The molecule has 4 bridgehead atoms. The number of hydrogen-bond acceptors (Lipinski definition) is 7. The molecule has 4 aliphatic rings. The van der Waals surface area contributed by atoms with Crippen LogP contribution in [0.2, 0.25) is 0 Å². The van der Waals surface area contributed by atoms with Gasteiger partial charge < -0.3 is 14.0 Å². The third-order valence-corrected chi connectivity index (χ3v) is 12.9. The SMILES string of the molecule is COC(=O)C1C2CC(C1C(=O)OCC(F)(F)S(=O)(=O)[O-])C1C3C=CC(C3)C21.c1ccc([S+](c2ccccc2)c2ccccc2)cc1. The molecule has 0 N–H and O–H groups in total. The van der Waals surface area contributed by atoms with E-state index in [-0.39, 0.29) is 34.6 Å². The highest BCUT2D eigenvalue weighted by molar-refractivity contribution is 7.97. The van der Waals surface area contributed by atoms with E-state index in [9.17, 15) is 31.3 Å². The highest BCUT2D eigenvalue weighted by Gasteiger charge is 2.68. The third kappa shape index (κ3) is 6.00. The lowest BCUT2D eigenvalue weighted by Gasteiger charge is -2.39. The van der Waals surface area contributed by atoms with Gasteiger partial charge in [0.1, 0.15) is 0 Å². The van der Waals surface area contributed by atoms with Gasteiger partial charge in [-0.15, -0.1) is 0 Å². The molecule has 0 aromatic heterocycles. The third-order valence-electron chi connectivity index (χ3n) is 9.86. The van der Waals surface area contributed by atoms with Crippen LogP contribution in [0.15, 0.2) is 118 Å². The summed E-state index contributed by atoms with van der Waals surface area (Å²) in [5.74, 6) is -2.58. The quantitative estimate of drug-likeness (QED) is 0.0961. The zero-order valence-corrected chi connectivity index (χ0v) is 26.6. The van der Waals surface area contributed by atoms with E-state index in [1.807, 2.05) is 0 Å². The summed E-state index contributed by atoms with van der Waals surface area (Å²) >= 11 is 0. The molecule has 7 rings (SSSR count). The van der Waals surface area contributed by atoms with Crippen molar-refractivity contribution in [3.63, 3.8) is 0 Å². The van der Waals surface area contributed by atoms with Crippen LogP contribution in [0.3, 0.4) is 0 Å². The fourth-order valence-corrected chi connectivity index (χ4v) is 10.5. The lowest BCUT2D eigenvalue weighted by molar-refractivity contribution is -0.168. The predicted molar refractivity (Wildman–Crippen MR) is 165 cm³/mol. The molecule has 3 aromatic rings. The Bertz CT molecular complexity index is 1590. The minimum Gasteiger partial charge on any atom is -0.743 e. The standard InChI is InChI=1S/C18H15S.C17H20F2O7S/c1-4-10-16(11-5-1)19(17-12-6-2-7-13-17)18-14-8-3-9-15-18;1-25-15(20)13-9-5-10(12-8-3-2-7(4-8)11(9)12)14(13)16(21)26-6-17(18,19)27(22,23)24/h1-15H;2-3,7-14H,4-6H2,1H3,(H,22,23,24)/q+1;/p-1. The number of allylic oxidation sites excluding steroid dienone is 2. The number of ether oxygens (including phenoxy) is 2. The zero-order valence-electron chi connectivity index (χ0n) is 25.0. The highest BCUT2D eigenvalue weighted by Crippen LogP contribution is 2.69. The van der Waals surface area contributed by atoms with Crippen molar-refractivity contribution in [3.8, 4) is 0 Å². The van der Waals surface area contributed by atoms with Gasteiger partial charge >= 0.3 is 17.2 Å². The van der Waals surface area contributed by atoms with Crippen LogP contribution in [0, 0.1) is 47.3 Å². The van der Waals surface area contributed by atoms with Crippen molar-refractivity contribution in [1.82, 2.24) is 0 Å². The maximum atomic E-state index is 13.3. The fourth-order valence-electron chi connectivity index (χ4n) is 8.22. The molecular formula is C35H34F2O7S2. The average molecular weight is 669 g/mol. The second kappa shape index (κ2) is 12.9. The summed E-state index contributed by atoms with van der Waals surface area (Å²) in [5, 5.41) is -4.71. The van der Waals surface area contributed by atoms with E-state index in [1.54, 1.807) is 0 Å². The van der Waals surface area contributed by atoms with Crippen molar-refractivity contribution in [2.45, 2.75) is 32.8 Å². The van der Waals surface area contributed by atoms with Gasteiger partial charge in [-0.05, 0) is 84.7 Å². The first-order chi connectivity index (χ1) is 22.0. The maximum Gasteiger partial charge on any atom is 0.367 e. The second-order valence-electron chi connectivity index (χ2n) is 12.2. The number of fused-ring (bicyclic) bond motifs is 9. The second-order valence-corrected chi connectivity index (χ2v) is 15.7. The molecule has 0 amide bonds. The van der Waals surface area contributed by atoms with Gasteiger partial charge in [-0.3, -0.25) is 9.59 Å². The van der Waals surface area contributed by atoms with Crippen LogP contribution in [0.5, 0.6) is 0 Å². The molecule has 0 saturated heterocycles. The van der Waals surface area contributed by atoms with Crippen LogP contribution in [-0.4, -0.2) is 43.9 Å². The molecule has 0 radical (unpaired) electrons. The molecule has 46 heavy (non-hydrogen) atoms. The Morgan fingerprint density at radius 2 is 1.17 bits per heavy atom. The summed E-state index contributed by atoms with van der Waals surface area (Å²) in [5.41, 5.74) is 0. The van der Waals surface area contributed by atoms with E-state index in [0.717, 1.165) is 6.42 Å². The van der Waals surface area contributed by atoms with E-state index >= 15 is 0 Å². The Morgan fingerprint density at radius 3 is 1.57 bits per heavy atom. The van der Waals surface area contributed by atoms with Crippen LogP contribution < -0.4 is 0 Å². The van der Waals surface area contributed by atoms with E-state index in [0.29, 0.717) is 18.3 Å². The van der Waals surface area contributed by atoms with Crippen molar-refractivity contribution >= 4 is 33.0 Å². The van der Waals surface area contributed by atoms with Gasteiger partial charge in [0, 0.05) is 0 Å². The zero-order chi connectivity index (χ0) is 32.6. The van der Waals surface area contributed by atoms with E-state index < -0.39 is 45.8 Å². The van der Waals surface area contributed by atoms with Gasteiger partial charge in [0.05, 0.1) is 29.8 Å². The molecule has 4 aliphatic carbocycles. The number of halogens is 2. The van der Waals surface area contributed by atoms with Crippen molar-refractivity contribution < 1.29 is 40.8 Å². The Kier molecular flexibility index (Phi) is 9.11. The molecule has 242 valence electrons. The smallest absolute Gasteiger partial charge is 0.367 e. The molecule has 3 saturated carbocycles. The van der Waals surface area contributed by atoms with Crippen molar-refractivity contribution in [3.05, 3.63) is 103 Å². The van der Waals surface area contributed by atoms with Crippen molar-refractivity contribution in [2.24, 2.45) is 47.3 Å². The van der Waals surface area contributed by atoms with Crippen molar-refractivity contribution in [1.29, 1.82) is 0 Å². The molecule has 11 heteroatoms. The summed E-state index contributed by atoms with van der Waals surface area (Å²) in [6.07, 6.45) is 5.83. The summed E-state index contributed by atoms with van der Waals surface area (Å²) in [6.45, 7) is -1.85. The van der Waals surface area contributed by atoms with Crippen LogP contribution in [0.4, 0.5) is 8.78 Å². The average Bonchev–Trinajstić information content (AvgIpc) is 3.85. The molecule has 8 unspecified atom stereocenters. The largest absolute Gasteiger partial charge is 0.743 e. The number of methoxy groups -OCH3 is 1. The van der Waals surface area contributed by atoms with Crippen LogP contribution in [-0.2, 0) is 40.1 Å². The first kappa shape index (κ1) is 32.4. The summed E-state index contributed by atoms with van der Waals surface area (Å²) in [7, 11) is -4.76. The summed E-state index contributed by atoms with van der Waals surface area (Å²) in [6, 6.07) is 32.2. The Labute approximate surface area is 270 Å². The Morgan fingerprint density at radius 1 is 0.761 bits per heavy atom. The van der Waals surface area contributed by atoms with Gasteiger partial charge in [-0.25, -0.2) is 8.42 Å². The number of alkyl halides is 2. The minimum absolute atomic E-state index is 0.0146. The van der Waals surface area contributed by atoms with Crippen LogP contribution in [0.1, 0.15) is 12.8 Å². The monoisotopic (exact) mass is 668 g/mol. The van der Waals surface area contributed by atoms with Crippen LogP contribution >= 0.6 is 0 Å². The topological polar surface area (TPSA) is 110 Å².